The van der Waals surface area contributed by atoms with Crippen molar-refractivity contribution in [1.82, 2.24) is 16.0 Å². The van der Waals surface area contributed by atoms with Crippen LogP contribution in [0.5, 0.6) is 5.75 Å². The molecule has 2 aromatic carbocycles. The number of nitrogens with one attached hydrogen (secondary N) is 3. The van der Waals surface area contributed by atoms with E-state index in [9.17, 15) is 9.59 Å². The molecule has 0 aliphatic heterocycles. The van der Waals surface area contributed by atoms with Crippen molar-refractivity contribution >= 4 is 17.8 Å². The molecule has 0 heterocycles. The Labute approximate surface area is 189 Å². The van der Waals surface area contributed by atoms with Crippen LogP contribution in [0.3, 0.4) is 0 Å². The Morgan fingerprint density at radius 3 is 2.38 bits per heavy atom. The first-order valence-corrected chi connectivity index (χ1v) is 10.7. The number of primary amides is 1. The topological polar surface area (TPSA) is 118 Å². The Hall–Kier alpha value is -3.55. The summed E-state index contributed by atoms with van der Waals surface area (Å²) in [7, 11) is 1.72. The lowest BCUT2D eigenvalue weighted by molar-refractivity contribution is -0.117. The predicted octanol–water partition coefficient (Wildman–Crippen LogP) is 2.25. The zero-order valence-corrected chi connectivity index (χ0v) is 19.2. The van der Waals surface area contributed by atoms with Crippen molar-refractivity contribution in [3.8, 4) is 5.75 Å². The average molecular weight is 440 g/mol. The van der Waals surface area contributed by atoms with Gasteiger partial charge < -0.3 is 26.4 Å². The number of guanidine groups is 1. The van der Waals surface area contributed by atoms with Crippen molar-refractivity contribution in [2.24, 2.45) is 10.7 Å². The summed E-state index contributed by atoms with van der Waals surface area (Å²) in [5, 5.41) is 9.04. The number of benzene rings is 2. The number of nitrogens with zero attached hydrogens (tertiary/aromatic N) is 1. The number of nitrogens with two attached hydrogens (primary N) is 1. The van der Waals surface area contributed by atoms with E-state index in [1.54, 1.807) is 19.2 Å². The van der Waals surface area contributed by atoms with E-state index in [0.29, 0.717) is 24.6 Å². The molecule has 172 valence electrons. The quantitative estimate of drug-likeness (QED) is 0.335. The van der Waals surface area contributed by atoms with E-state index in [-0.39, 0.29) is 18.6 Å². The Morgan fingerprint density at radius 2 is 1.75 bits per heavy atom. The molecule has 0 bridgehead atoms. The van der Waals surface area contributed by atoms with Gasteiger partial charge in [-0.25, -0.2) is 0 Å². The van der Waals surface area contributed by atoms with E-state index in [1.807, 2.05) is 19.1 Å². The van der Waals surface area contributed by atoms with Gasteiger partial charge in [0.15, 0.2) is 5.96 Å². The van der Waals surface area contributed by atoms with E-state index < -0.39 is 5.91 Å². The third kappa shape index (κ3) is 7.94. The predicted molar refractivity (Wildman–Crippen MR) is 127 cm³/mol. The van der Waals surface area contributed by atoms with Gasteiger partial charge in [-0.2, -0.15) is 0 Å². The number of carbonyl (C=O) groups excluding carboxylic acids is 2. The fourth-order valence-corrected chi connectivity index (χ4v) is 2.85. The van der Waals surface area contributed by atoms with Crippen molar-refractivity contribution in [3.63, 3.8) is 0 Å². The Morgan fingerprint density at radius 1 is 1.06 bits per heavy atom. The minimum Gasteiger partial charge on any atom is -0.490 e. The van der Waals surface area contributed by atoms with Gasteiger partial charge in [0.2, 0.25) is 5.91 Å². The fraction of sp³-hybridized carbons (Fsp3) is 0.375. The molecule has 0 radical (unpaired) electrons. The normalized spacial score (nSPS) is 12.1. The zero-order chi connectivity index (χ0) is 23.5. The average Bonchev–Trinajstić information content (AvgIpc) is 2.78. The molecule has 2 aromatic rings. The maximum Gasteiger partial charge on any atom is 0.251 e. The molecular weight excluding hydrogens is 406 g/mol. The molecule has 0 fully saturated rings. The largest absolute Gasteiger partial charge is 0.490 e. The second-order valence-corrected chi connectivity index (χ2v) is 7.57. The first-order chi connectivity index (χ1) is 15.3. The molecule has 0 saturated heterocycles. The van der Waals surface area contributed by atoms with Crippen molar-refractivity contribution in [3.05, 3.63) is 64.7 Å². The summed E-state index contributed by atoms with van der Waals surface area (Å²) >= 11 is 0. The third-order valence-corrected chi connectivity index (χ3v) is 4.89. The number of hydrogen-bond acceptors (Lipinski definition) is 4. The Balaban J connectivity index is 1.91. The highest BCUT2D eigenvalue weighted by Crippen LogP contribution is 2.22. The number of aliphatic imine (C=N–C) groups is 1. The highest BCUT2D eigenvalue weighted by Gasteiger charge is 2.09. The highest BCUT2D eigenvalue weighted by atomic mass is 16.5. The summed E-state index contributed by atoms with van der Waals surface area (Å²) in [6, 6.07) is 13.3. The molecule has 0 aliphatic carbocycles. The maximum absolute atomic E-state index is 12.0. The summed E-state index contributed by atoms with van der Waals surface area (Å²) in [4.78, 5) is 27.0. The van der Waals surface area contributed by atoms with Crippen molar-refractivity contribution in [2.75, 3.05) is 13.6 Å². The van der Waals surface area contributed by atoms with E-state index in [4.69, 9.17) is 10.5 Å². The molecule has 2 amide bonds. The molecule has 0 aromatic heterocycles. The van der Waals surface area contributed by atoms with E-state index in [1.165, 1.54) is 0 Å². The van der Waals surface area contributed by atoms with E-state index in [2.05, 4.69) is 53.0 Å². The standard InChI is InChI=1S/C24H33N5O3/c1-5-17(3)32-21-12-16(2)6-9-20(21)14-29-24(26-4)28-13-18-7-10-19(11-8-18)23(31)27-15-22(25)30/h6-12,17H,5,13-15H2,1-4H3,(H2,25,30)(H,27,31)(H2,26,28,29). The molecule has 8 heteroatoms. The number of ether oxygens (including phenoxy) is 1. The minimum absolute atomic E-state index is 0.147. The second-order valence-electron chi connectivity index (χ2n) is 7.57. The lowest BCUT2D eigenvalue weighted by atomic mass is 10.1. The summed E-state index contributed by atoms with van der Waals surface area (Å²) in [5.41, 5.74) is 8.70. The van der Waals surface area contributed by atoms with Crippen LogP contribution in [0.4, 0.5) is 0 Å². The van der Waals surface area contributed by atoms with Crippen molar-refractivity contribution in [2.45, 2.75) is 46.4 Å². The molecule has 32 heavy (non-hydrogen) atoms. The number of carbonyl (C=O) groups is 2. The van der Waals surface area contributed by atoms with Gasteiger partial charge in [0, 0.05) is 31.3 Å². The smallest absolute Gasteiger partial charge is 0.251 e. The van der Waals surface area contributed by atoms with Crippen LogP contribution in [0.25, 0.3) is 0 Å². The Kier molecular flexibility index (Phi) is 9.53. The zero-order valence-electron chi connectivity index (χ0n) is 19.2. The summed E-state index contributed by atoms with van der Waals surface area (Å²) < 4.78 is 6.07. The van der Waals surface area contributed by atoms with Crippen LogP contribution < -0.4 is 26.4 Å². The highest BCUT2D eigenvalue weighted by molar-refractivity contribution is 5.96. The first-order valence-electron chi connectivity index (χ1n) is 10.7. The molecular formula is C24H33N5O3. The van der Waals surface area contributed by atoms with Crippen LogP contribution >= 0.6 is 0 Å². The van der Waals surface area contributed by atoms with Gasteiger partial charge in [-0.3, -0.25) is 14.6 Å². The van der Waals surface area contributed by atoms with Gasteiger partial charge in [0.05, 0.1) is 12.6 Å². The summed E-state index contributed by atoms with van der Waals surface area (Å²) in [6.45, 7) is 7.14. The van der Waals surface area contributed by atoms with Crippen LogP contribution in [0.15, 0.2) is 47.5 Å². The molecule has 2 rings (SSSR count). The van der Waals surface area contributed by atoms with Crippen molar-refractivity contribution < 1.29 is 14.3 Å². The van der Waals surface area contributed by atoms with Crippen LogP contribution in [0.1, 0.15) is 47.3 Å². The van der Waals surface area contributed by atoms with Gasteiger partial charge in [0.1, 0.15) is 5.75 Å². The van der Waals surface area contributed by atoms with Crippen molar-refractivity contribution in [1.29, 1.82) is 0 Å². The van der Waals surface area contributed by atoms with Crippen LogP contribution in [-0.2, 0) is 17.9 Å². The molecule has 5 N–H and O–H groups in total. The lowest BCUT2D eigenvalue weighted by Crippen LogP contribution is -2.36. The number of hydrogen-bond donors (Lipinski definition) is 4. The maximum atomic E-state index is 12.0. The van der Waals surface area contributed by atoms with Gasteiger partial charge in [-0.05, 0) is 49.6 Å². The number of amides is 2. The van der Waals surface area contributed by atoms with Gasteiger partial charge in [-0.15, -0.1) is 0 Å². The molecule has 0 spiro atoms. The van der Waals surface area contributed by atoms with Crippen LogP contribution in [-0.4, -0.2) is 37.5 Å². The fourth-order valence-electron chi connectivity index (χ4n) is 2.85. The SMILES string of the molecule is CCC(C)Oc1cc(C)ccc1CNC(=NC)NCc1ccc(C(=O)NCC(N)=O)cc1. The van der Waals surface area contributed by atoms with Gasteiger partial charge in [0.25, 0.3) is 5.91 Å². The monoisotopic (exact) mass is 439 g/mol. The van der Waals surface area contributed by atoms with Crippen LogP contribution in [0, 0.1) is 6.92 Å². The summed E-state index contributed by atoms with van der Waals surface area (Å²) in [6.07, 6.45) is 1.09. The van der Waals surface area contributed by atoms with Gasteiger partial charge in [-0.1, -0.05) is 31.2 Å². The Bertz CT molecular complexity index is 941. The second kappa shape index (κ2) is 12.3. The number of rotatable bonds is 10. The summed E-state index contributed by atoms with van der Waals surface area (Å²) in [5.74, 6) is 0.618. The number of aryl methyl sites for hydroxylation is 1. The molecule has 8 nitrogen and oxygen atoms in total. The minimum atomic E-state index is -0.581. The first kappa shape index (κ1) is 24.7. The van der Waals surface area contributed by atoms with E-state index >= 15 is 0 Å². The lowest BCUT2D eigenvalue weighted by Gasteiger charge is -2.18. The molecule has 0 saturated carbocycles. The molecule has 1 unspecified atom stereocenters. The van der Waals surface area contributed by atoms with Gasteiger partial charge >= 0.3 is 0 Å². The molecule has 0 aliphatic rings. The molecule has 1 atom stereocenters. The third-order valence-electron chi connectivity index (χ3n) is 4.89. The van der Waals surface area contributed by atoms with E-state index in [0.717, 1.165) is 28.9 Å². The van der Waals surface area contributed by atoms with Crippen LogP contribution in [0.2, 0.25) is 0 Å².